The number of hydrogen-bond acceptors (Lipinski definition) is 3. The SMILES string of the molecule is O=C(CN(CCc1ccccc1)S(=O)(=O)c1ccccc1)Nc1ccc(Cl)cc1C(F)(F)F. The van der Waals surface area contributed by atoms with Crippen molar-refractivity contribution in [2.24, 2.45) is 0 Å². The van der Waals surface area contributed by atoms with Crippen molar-refractivity contribution in [3.05, 3.63) is 95.0 Å². The van der Waals surface area contributed by atoms with Crippen LogP contribution in [-0.4, -0.2) is 31.7 Å². The fraction of sp³-hybridized carbons (Fsp3) is 0.174. The standard InChI is InChI=1S/C23H20ClF3N2O3S/c24-18-11-12-21(20(15-18)23(25,26)27)28-22(30)16-29(14-13-17-7-3-1-4-8-17)33(31,32)19-9-5-2-6-10-19/h1-12,15H,13-14,16H2,(H,28,30). The van der Waals surface area contributed by atoms with Crippen LogP contribution in [0, 0.1) is 0 Å². The van der Waals surface area contributed by atoms with Crippen molar-refractivity contribution in [2.45, 2.75) is 17.5 Å². The summed E-state index contributed by atoms with van der Waals surface area (Å²) in [6.45, 7) is -0.703. The normalized spacial score (nSPS) is 12.0. The molecule has 0 aliphatic rings. The minimum absolute atomic E-state index is 0.0201. The van der Waals surface area contributed by atoms with Gasteiger partial charge in [-0.15, -0.1) is 0 Å². The molecule has 0 fully saturated rings. The first-order valence-electron chi connectivity index (χ1n) is 9.83. The van der Waals surface area contributed by atoms with E-state index in [4.69, 9.17) is 11.6 Å². The zero-order chi connectivity index (χ0) is 24.1. The Hall–Kier alpha value is -2.88. The Morgan fingerprint density at radius 2 is 1.55 bits per heavy atom. The van der Waals surface area contributed by atoms with Crippen molar-refractivity contribution in [1.29, 1.82) is 0 Å². The molecule has 0 radical (unpaired) electrons. The van der Waals surface area contributed by atoms with Crippen LogP contribution in [0.1, 0.15) is 11.1 Å². The molecule has 0 unspecified atom stereocenters. The number of nitrogens with one attached hydrogen (secondary N) is 1. The van der Waals surface area contributed by atoms with Crippen molar-refractivity contribution in [2.75, 3.05) is 18.4 Å². The maximum absolute atomic E-state index is 13.3. The molecule has 0 aliphatic heterocycles. The van der Waals surface area contributed by atoms with E-state index < -0.39 is 39.9 Å². The highest BCUT2D eigenvalue weighted by Gasteiger charge is 2.34. The van der Waals surface area contributed by atoms with E-state index in [-0.39, 0.29) is 16.5 Å². The van der Waals surface area contributed by atoms with E-state index in [2.05, 4.69) is 5.32 Å². The Labute approximate surface area is 194 Å². The van der Waals surface area contributed by atoms with E-state index in [1.807, 2.05) is 18.2 Å². The van der Waals surface area contributed by atoms with Gasteiger partial charge in [-0.25, -0.2) is 8.42 Å². The largest absolute Gasteiger partial charge is 0.418 e. The first-order chi connectivity index (χ1) is 15.6. The van der Waals surface area contributed by atoms with Gasteiger partial charge in [-0.2, -0.15) is 17.5 Å². The first kappa shape index (κ1) is 24.8. The second-order valence-electron chi connectivity index (χ2n) is 7.12. The van der Waals surface area contributed by atoms with Crippen molar-refractivity contribution in [1.82, 2.24) is 4.31 Å². The average molecular weight is 497 g/mol. The number of amides is 1. The molecule has 0 aromatic heterocycles. The van der Waals surface area contributed by atoms with Gasteiger partial charge >= 0.3 is 6.18 Å². The molecule has 1 N–H and O–H groups in total. The van der Waals surface area contributed by atoms with Crippen LogP contribution in [0.25, 0.3) is 0 Å². The van der Waals surface area contributed by atoms with Crippen LogP contribution in [0.3, 0.4) is 0 Å². The van der Waals surface area contributed by atoms with Gasteiger partial charge in [0.15, 0.2) is 0 Å². The summed E-state index contributed by atoms with van der Waals surface area (Å²) in [4.78, 5) is 12.6. The second kappa shape index (κ2) is 10.4. The Morgan fingerprint density at radius 1 is 0.939 bits per heavy atom. The third kappa shape index (κ3) is 6.56. The lowest BCUT2D eigenvalue weighted by Gasteiger charge is -2.22. The average Bonchev–Trinajstić information content (AvgIpc) is 2.78. The van der Waals surface area contributed by atoms with Crippen LogP contribution in [0.15, 0.2) is 83.8 Å². The number of alkyl halides is 3. The smallest absolute Gasteiger partial charge is 0.324 e. The number of carbonyl (C=O) groups excluding carboxylic acids is 1. The molecule has 5 nitrogen and oxygen atoms in total. The maximum Gasteiger partial charge on any atom is 0.418 e. The maximum atomic E-state index is 13.3. The minimum atomic E-state index is -4.75. The summed E-state index contributed by atoms with van der Waals surface area (Å²) in [5.74, 6) is -0.907. The Bertz CT molecular complexity index is 1200. The lowest BCUT2D eigenvalue weighted by Crippen LogP contribution is -2.39. The molecule has 10 heteroatoms. The number of hydrogen-bond donors (Lipinski definition) is 1. The van der Waals surface area contributed by atoms with Crippen molar-refractivity contribution in [3.8, 4) is 0 Å². The second-order valence-corrected chi connectivity index (χ2v) is 9.50. The number of anilines is 1. The molecule has 0 aliphatic carbocycles. The molecule has 0 bridgehead atoms. The highest BCUT2D eigenvalue weighted by atomic mass is 35.5. The molecular formula is C23H20ClF3N2O3S. The van der Waals surface area contributed by atoms with Gasteiger partial charge in [0.05, 0.1) is 22.7 Å². The summed E-state index contributed by atoms with van der Waals surface area (Å²) < 4.78 is 67.3. The van der Waals surface area contributed by atoms with E-state index in [0.717, 1.165) is 15.9 Å². The summed E-state index contributed by atoms with van der Waals surface area (Å²) in [5, 5.41) is 2.03. The predicted octanol–water partition coefficient (Wildman–Crippen LogP) is 5.23. The topological polar surface area (TPSA) is 66.5 Å². The van der Waals surface area contributed by atoms with Crippen molar-refractivity contribution < 1.29 is 26.4 Å². The fourth-order valence-electron chi connectivity index (χ4n) is 3.13. The predicted molar refractivity (Wildman–Crippen MR) is 120 cm³/mol. The van der Waals surface area contributed by atoms with Crippen LogP contribution in [-0.2, 0) is 27.4 Å². The van der Waals surface area contributed by atoms with Gasteiger partial charge in [0, 0.05) is 11.6 Å². The molecule has 33 heavy (non-hydrogen) atoms. The Balaban J connectivity index is 1.85. The van der Waals surface area contributed by atoms with E-state index in [9.17, 15) is 26.4 Å². The van der Waals surface area contributed by atoms with Gasteiger partial charge in [-0.3, -0.25) is 4.79 Å². The molecular weight excluding hydrogens is 477 g/mol. The number of benzene rings is 3. The molecule has 1 amide bonds. The molecule has 0 spiro atoms. The summed E-state index contributed by atoms with van der Waals surface area (Å²) in [6.07, 6.45) is -4.44. The Morgan fingerprint density at radius 3 is 2.15 bits per heavy atom. The lowest BCUT2D eigenvalue weighted by molar-refractivity contribution is -0.137. The Kier molecular flexibility index (Phi) is 7.78. The molecule has 3 rings (SSSR count). The number of rotatable bonds is 8. The monoisotopic (exact) mass is 496 g/mol. The zero-order valence-corrected chi connectivity index (χ0v) is 18.8. The van der Waals surface area contributed by atoms with E-state index in [0.29, 0.717) is 12.5 Å². The molecule has 0 atom stereocenters. The highest BCUT2D eigenvalue weighted by Crippen LogP contribution is 2.36. The van der Waals surface area contributed by atoms with Crippen molar-refractivity contribution >= 4 is 33.2 Å². The molecule has 0 saturated heterocycles. The van der Waals surface area contributed by atoms with Gasteiger partial charge in [-0.05, 0) is 42.3 Å². The van der Waals surface area contributed by atoms with Gasteiger partial charge < -0.3 is 5.32 Å². The molecule has 0 heterocycles. The van der Waals surface area contributed by atoms with Gasteiger partial charge in [0.25, 0.3) is 0 Å². The van der Waals surface area contributed by atoms with Crippen LogP contribution in [0.4, 0.5) is 18.9 Å². The van der Waals surface area contributed by atoms with Crippen LogP contribution in [0.2, 0.25) is 5.02 Å². The zero-order valence-electron chi connectivity index (χ0n) is 17.2. The highest BCUT2D eigenvalue weighted by molar-refractivity contribution is 7.89. The summed E-state index contributed by atoms with van der Waals surface area (Å²) in [6, 6.07) is 19.5. The summed E-state index contributed by atoms with van der Waals surface area (Å²) in [7, 11) is -4.07. The summed E-state index contributed by atoms with van der Waals surface area (Å²) >= 11 is 5.67. The van der Waals surface area contributed by atoms with E-state index >= 15 is 0 Å². The van der Waals surface area contributed by atoms with E-state index in [1.165, 1.54) is 18.2 Å². The number of sulfonamides is 1. The first-order valence-corrected chi connectivity index (χ1v) is 11.6. The third-order valence-corrected chi connectivity index (χ3v) is 6.85. The fourth-order valence-corrected chi connectivity index (χ4v) is 4.72. The van der Waals surface area contributed by atoms with Crippen molar-refractivity contribution in [3.63, 3.8) is 0 Å². The third-order valence-electron chi connectivity index (χ3n) is 4.75. The van der Waals surface area contributed by atoms with Gasteiger partial charge in [0.2, 0.25) is 15.9 Å². The minimum Gasteiger partial charge on any atom is -0.324 e. The van der Waals surface area contributed by atoms with Gasteiger partial charge in [-0.1, -0.05) is 60.1 Å². The molecule has 3 aromatic carbocycles. The molecule has 0 saturated carbocycles. The van der Waals surface area contributed by atoms with Gasteiger partial charge in [0.1, 0.15) is 0 Å². The molecule has 3 aromatic rings. The van der Waals surface area contributed by atoms with Crippen LogP contribution in [0.5, 0.6) is 0 Å². The van der Waals surface area contributed by atoms with Crippen LogP contribution >= 0.6 is 11.6 Å². The number of halogens is 4. The number of nitrogens with zero attached hydrogens (tertiary/aromatic N) is 1. The van der Waals surface area contributed by atoms with E-state index in [1.54, 1.807) is 30.3 Å². The lowest BCUT2D eigenvalue weighted by atomic mass is 10.1. The quantitative estimate of drug-likeness (QED) is 0.464. The number of carbonyl (C=O) groups is 1. The summed E-state index contributed by atoms with van der Waals surface area (Å²) in [5.41, 5.74) is -0.773. The molecule has 174 valence electrons. The van der Waals surface area contributed by atoms with Crippen LogP contribution < -0.4 is 5.32 Å².